The van der Waals surface area contributed by atoms with Crippen molar-refractivity contribution in [2.75, 3.05) is 43.4 Å². The Hall–Kier alpha value is -2.14. The highest BCUT2D eigenvalue weighted by molar-refractivity contribution is 8.00. The molecule has 5 heteroatoms. The van der Waals surface area contributed by atoms with Crippen LogP contribution in [-0.2, 0) is 4.79 Å². The summed E-state index contributed by atoms with van der Waals surface area (Å²) in [7, 11) is 0. The minimum atomic E-state index is 0.216. The van der Waals surface area contributed by atoms with Crippen molar-refractivity contribution >= 4 is 23.4 Å². The monoisotopic (exact) mass is 370 g/mol. The quantitative estimate of drug-likeness (QED) is 0.724. The van der Waals surface area contributed by atoms with Crippen molar-refractivity contribution in [3.63, 3.8) is 0 Å². The van der Waals surface area contributed by atoms with Gasteiger partial charge in [0, 0.05) is 31.1 Å². The summed E-state index contributed by atoms with van der Waals surface area (Å²) in [6.07, 6.45) is 0. The van der Waals surface area contributed by atoms with E-state index in [-0.39, 0.29) is 5.91 Å². The van der Waals surface area contributed by atoms with E-state index >= 15 is 0 Å². The van der Waals surface area contributed by atoms with Crippen molar-refractivity contribution in [3.8, 4) is 5.75 Å². The van der Waals surface area contributed by atoms with Crippen LogP contribution in [0.15, 0.2) is 53.4 Å². The third kappa shape index (κ3) is 4.73. The lowest BCUT2D eigenvalue weighted by molar-refractivity contribution is -0.128. The third-order valence-corrected chi connectivity index (χ3v) is 5.52. The number of amides is 1. The van der Waals surface area contributed by atoms with Crippen LogP contribution in [0.5, 0.6) is 5.75 Å². The van der Waals surface area contributed by atoms with Crippen molar-refractivity contribution in [3.05, 3.63) is 54.1 Å². The highest BCUT2D eigenvalue weighted by atomic mass is 32.2. The van der Waals surface area contributed by atoms with Gasteiger partial charge in [-0.15, -0.1) is 11.8 Å². The summed E-state index contributed by atoms with van der Waals surface area (Å²) < 4.78 is 5.73. The molecular formula is C21H26N2O2S. The predicted octanol–water partition coefficient (Wildman–Crippen LogP) is 3.83. The van der Waals surface area contributed by atoms with E-state index in [1.807, 2.05) is 30.0 Å². The van der Waals surface area contributed by atoms with Crippen LogP contribution < -0.4 is 9.64 Å². The molecular weight excluding hydrogens is 344 g/mol. The Labute approximate surface area is 160 Å². The van der Waals surface area contributed by atoms with Gasteiger partial charge in [0.15, 0.2) is 0 Å². The first-order valence-electron chi connectivity index (χ1n) is 9.11. The van der Waals surface area contributed by atoms with Crippen molar-refractivity contribution in [1.29, 1.82) is 0 Å². The standard InChI is InChI=1S/C21H26N2O2S/c1-3-25-20-7-5-4-6-19(20)22-12-14-23(15-13-22)21(24)16-26-18-10-8-17(2)9-11-18/h4-11H,3,12-16H2,1-2H3. The number of hydrogen-bond donors (Lipinski definition) is 0. The fourth-order valence-electron chi connectivity index (χ4n) is 3.06. The number of nitrogens with zero attached hydrogens (tertiary/aromatic N) is 2. The van der Waals surface area contributed by atoms with Crippen LogP contribution in [0.4, 0.5) is 5.69 Å². The van der Waals surface area contributed by atoms with Gasteiger partial charge in [-0.05, 0) is 38.1 Å². The van der Waals surface area contributed by atoms with Crippen LogP contribution >= 0.6 is 11.8 Å². The zero-order chi connectivity index (χ0) is 18.4. The molecule has 0 saturated carbocycles. The van der Waals surface area contributed by atoms with Crippen molar-refractivity contribution in [1.82, 2.24) is 4.90 Å². The number of carbonyl (C=O) groups is 1. The fourth-order valence-corrected chi connectivity index (χ4v) is 3.86. The van der Waals surface area contributed by atoms with Gasteiger partial charge >= 0.3 is 0 Å². The highest BCUT2D eigenvalue weighted by Crippen LogP contribution is 2.29. The van der Waals surface area contributed by atoms with Gasteiger partial charge in [-0.3, -0.25) is 4.79 Å². The highest BCUT2D eigenvalue weighted by Gasteiger charge is 2.22. The van der Waals surface area contributed by atoms with Gasteiger partial charge in [-0.25, -0.2) is 0 Å². The summed E-state index contributed by atoms with van der Waals surface area (Å²) >= 11 is 1.61. The summed E-state index contributed by atoms with van der Waals surface area (Å²) in [5.74, 6) is 1.64. The Morgan fingerprint density at radius 1 is 1.04 bits per heavy atom. The molecule has 0 atom stereocenters. The molecule has 0 radical (unpaired) electrons. The maximum Gasteiger partial charge on any atom is 0.233 e. The van der Waals surface area contributed by atoms with Crippen molar-refractivity contribution in [2.24, 2.45) is 0 Å². The summed E-state index contributed by atoms with van der Waals surface area (Å²) in [5, 5.41) is 0. The number of anilines is 1. The molecule has 2 aromatic carbocycles. The molecule has 1 amide bonds. The Bertz CT molecular complexity index is 725. The van der Waals surface area contributed by atoms with Crippen molar-refractivity contribution in [2.45, 2.75) is 18.7 Å². The number of para-hydroxylation sites is 2. The minimum Gasteiger partial charge on any atom is -0.492 e. The zero-order valence-corrected chi connectivity index (χ0v) is 16.3. The maximum atomic E-state index is 12.5. The SMILES string of the molecule is CCOc1ccccc1N1CCN(C(=O)CSc2ccc(C)cc2)CC1. The van der Waals surface area contributed by atoms with Gasteiger partial charge in [0.25, 0.3) is 0 Å². The number of aryl methyl sites for hydroxylation is 1. The number of rotatable bonds is 6. The Morgan fingerprint density at radius 2 is 1.73 bits per heavy atom. The second-order valence-electron chi connectivity index (χ2n) is 6.37. The van der Waals surface area contributed by atoms with Gasteiger partial charge < -0.3 is 14.5 Å². The Balaban J connectivity index is 1.51. The molecule has 1 fully saturated rings. The van der Waals surface area contributed by atoms with E-state index in [4.69, 9.17) is 4.74 Å². The molecule has 4 nitrogen and oxygen atoms in total. The molecule has 0 unspecified atom stereocenters. The molecule has 0 N–H and O–H groups in total. The van der Waals surface area contributed by atoms with Crippen LogP contribution in [0.3, 0.4) is 0 Å². The number of benzene rings is 2. The molecule has 2 aromatic rings. The molecule has 0 aliphatic carbocycles. The molecule has 0 aromatic heterocycles. The van der Waals surface area contributed by atoms with E-state index < -0.39 is 0 Å². The van der Waals surface area contributed by atoms with E-state index in [0.717, 1.165) is 42.5 Å². The molecule has 3 rings (SSSR count). The number of ether oxygens (including phenoxy) is 1. The van der Waals surface area contributed by atoms with E-state index in [2.05, 4.69) is 42.2 Å². The topological polar surface area (TPSA) is 32.8 Å². The first-order chi connectivity index (χ1) is 12.7. The molecule has 1 saturated heterocycles. The van der Waals surface area contributed by atoms with Crippen LogP contribution in [-0.4, -0.2) is 49.3 Å². The van der Waals surface area contributed by atoms with Gasteiger partial charge in [-0.2, -0.15) is 0 Å². The van der Waals surface area contributed by atoms with E-state index in [1.54, 1.807) is 11.8 Å². The fraction of sp³-hybridized carbons (Fsp3) is 0.381. The lowest BCUT2D eigenvalue weighted by Gasteiger charge is -2.36. The van der Waals surface area contributed by atoms with Crippen molar-refractivity contribution < 1.29 is 9.53 Å². The Kier molecular flexibility index (Phi) is 6.45. The predicted molar refractivity (Wildman–Crippen MR) is 108 cm³/mol. The summed E-state index contributed by atoms with van der Waals surface area (Å²) in [4.78, 5) is 17.9. The first-order valence-corrected chi connectivity index (χ1v) is 10.1. The molecule has 0 spiro atoms. The number of piperazine rings is 1. The van der Waals surface area contributed by atoms with Crippen LogP contribution in [0, 0.1) is 6.92 Å². The number of carbonyl (C=O) groups excluding carboxylic acids is 1. The first kappa shape index (κ1) is 18.6. The second kappa shape index (κ2) is 8.99. The molecule has 138 valence electrons. The zero-order valence-electron chi connectivity index (χ0n) is 15.5. The number of hydrogen-bond acceptors (Lipinski definition) is 4. The molecule has 1 heterocycles. The normalized spacial score (nSPS) is 14.4. The van der Waals surface area contributed by atoms with Crippen LogP contribution in [0.25, 0.3) is 0 Å². The molecule has 1 aliphatic rings. The minimum absolute atomic E-state index is 0.216. The summed E-state index contributed by atoms with van der Waals surface area (Å²) in [5.41, 5.74) is 2.36. The van der Waals surface area contributed by atoms with Crippen LogP contribution in [0.1, 0.15) is 12.5 Å². The average Bonchev–Trinajstić information content (AvgIpc) is 2.68. The lowest BCUT2D eigenvalue weighted by atomic mass is 10.2. The largest absolute Gasteiger partial charge is 0.492 e. The lowest BCUT2D eigenvalue weighted by Crippen LogP contribution is -2.49. The van der Waals surface area contributed by atoms with E-state index in [9.17, 15) is 4.79 Å². The smallest absolute Gasteiger partial charge is 0.233 e. The second-order valence-corrected chi connectivity index (χ2v) is 7.42. The summed E-state index contributed by atoms with van der Waals surface area (Å²) in [6.45, 7) is 7.92. The Morgan fingerprint density at radius 3 is 2.42 bits per heavy atom. The third-order valence-electron chi connectivity index (χ3n) is 4.52. The molecule has 1 aliphatic heterocycles. The van der Waals surface area contributed by atoms with Crippen LogP contribution in [0.2, 0.25) is 0 Å². The van der Waals surface area contributed by atoms with Gasteiger partial charge in [0.2, 0.25) is 5.91 Å². The van der Waals surface area contributed by atoms with Gasteiger partial charge in [0.1, 0.15) is 5.75 Å². The van der Waals surface area contributed by atoms with E-state index in [1.165, 1.54) is 5.56 Å². The van der Waals surface area contributed by atoms with E-state index in [0.29, 0.717) is 12.4 Å². The molecule has 26 heavy (non-hydrogen) atoms. The van der Waals surface area contributed by atoms with Gasteiger partial charge in [0.05, 0.1) is 18.0 Å². The summed E-state index contributed by atoms with van der Waals surface area (Å²) in [6, 6.07) is 16.5. The maximum absolute atomic E-state index is 12.5. The van der Waals surface area contributed by atoms with Gasteiger partial charge in [-0.1, -0.05) is 29.8 Å². The number of thioether (sulfide) groups is 1. The average molecular weight is 371 g/mol. The molecule has 0 bridgehead atoms.